The van der Waals surface area contributed by atoms with Crippen molar-refractivity contribution in [2.45, 2.75) is 0 Å². The summed E-state index contributed by atoms with van der Waals surface area (Å²) in [6.45, 7) is 4.30. The highest BCUT2D eigenvalue weighted by molar-refractivity contribution is 5.98. The van der Waals surface area contributed by atoms with Gasteiger partial charge in [-0.2, -0.15) is 0 Å². The molecule has 0 atom stereocenters. The molecular weight excluding hydrogens is 394 g/mol. The second-order valence-corrected chi connectivity index (χ2v) is 7.56. The molecule has 0 amide bonds. The van der Waals surface area contributed by atoms with Crippen LogP contribution in [0.2, 0.25) is 0 Å². The average Bonchev–Trinajstić information content (AvgIpc) is 3.24. The van der Waals surface area contributed by atoms with Gasteiger partial charge in [0.05, 0.1) is 42.3 Å². The third-order valence-electron chi connectivity index (χ3n) is 5.60. The number of hydrogen-bond donors (Lipinski definition) is 3. The van der Waals surface area contributed by atoms with Gasteiger partial charge in [0.2, 0.25) is 0 Å². The largest absolute Gasteiger partial charge is 0.383 e. The number of aromatic amines is 2. The number of morpholine rings is 1. The summed E-state index contributed by atoms with van der Waals surface area (Å²) < 4.78 is 10.7. The summed E-state index contributed by atoms with van der Waals surface area (Å²) in [6.07, 6.45) is 0. The zero-order valence-electron chi connectivity index (χ0n) is 17.4. The van der Waals surface area contributed by atoms with Crippen LogP contribution < -0.4 is 15.8 Å². The highest BCUT2D eigenvalue weighted by Gasteiger charge is 2.20. The van der Waals surface area contributed by atoms with E-state index in [-0.39, 0.29) is 5.56 Å². The van der Waals surface area contributed by atoms with Crippen molar-refractivity contribution in [3.8, 4) is 11.4 Å². The van der Waals surface area contributed by atoms with Crippen molar-refractivity contribution >= 4 is 33.3 Å². The summed E-state index contributed by atoms with van der Waals surface area (Å²) in [6, 6.07) is 13.7. The van der Waals surface area contributed by atoms with Crippen LogP contribution in [0.15, 0.2) is 47.3 Å². The summed E-state index contributed by atoms with van der Waals surface area (Å²) in [4.78, 5) is 26.2. The number of rotatable bonds is 6. The maximum absolute atomic E-state index is 12.8. The molecule has 5 rings (SSSR count). The molecule has 0 saturated carbocycles. The van der Waals surface area contributed by atoms with Crippen LogP contribution >= 0.6 is 0 Å². The number of hydrogen-bond acceptors (Lipinski definition) is 6. The summed E-state index contributed by atoms with van der Waals surface area (Å²) in [5, 5.41) is 4.45. The van der Waals surface area contributed by atoms with E-state index in [4.69, 9.17) is 14.5 Å². The Morgan fingerprint density at radius 3 is 2.81 bits per heavy atom. The molecule has 0 radical (unpaired) electrons. The number of methoxy groups -OCH3 is 1. The number of imidazole rings is 1. The second-order valence-electron chi connectivity index (χ2n) is 7.56. The molecule has 8 heteroatoms. The highest BCUT2D eigenvalue weighted by atomic mass is 16.5. The Hall–Kier alpha value is -3.36. The molecular formula is C23H25N5O3. The van der Waals surface area contributed by atoms with Crippen LogP contribution in [0.4, 0.5) is 11.4 Å². The SMILES string of the molecule is COCCNc1c(N2CCOCC2)ccc2[nH]c(-c3cc4ccccc4[nH]c3=O)nc12. The molecule has 31 heavy (non-hydrogen) atoms. The zero-order chi connectivity index (χ0) is 21.2. The van der Waals surface area contributed by atoms with Crippen molar-refractivity contribution in [2.75, 3.05) is 56.8 Å². The molecule has 0 bridgehead atoms. The fourth-order valence-corrected chi connectivity index (χ4v) is 4.04. The Morgan fingerprint density at radius 1 is 1.13 bits per heavy atom. The number of benzene rings is 2. The van der Waals surface area contributed by atoms with Crippen LogP contribution in [0.1, 0.15) is 0 Å². The third-order valence-corrected chi connectivity index (χ3v) is 5.60. The van der Waals surface area contributed by atoms with Crippen LogP contribution in [-0.2, 0) is 9.47 Å². The summed E-state index contributed by atoms with van der Waals surface area (Å²) in [7, 11) is 1.68. The lowest BCUT2D eigenvalue weighted by atomic mass is 10.1. The number of aromatic nitrogens is 3. The number of H-pyrrole nitrogens is 2. The van der Waals surface area contributed by atoms with Crippen LogP contribution in [0.5, 0.6) is 0 Å². The standard InChI is InChI=1S/C23H25N5O3/c1-30-11-8-24-21-19(28-9-12-31-13-10-28)7-6-18-20(21)27-22(25-18)16-14-15-4-2-3-5-17(15)26-23(16)29/h2-7,14,24H,8-13H2,1H3,(H,25,27)(H,26,29). The molecule has 4 aromatic rings. The van der Waals surface area contributed by atoms with E-state index >= 15 is 0 Å². The van der Waals surface area contributed by atoms with Gasteiger partial charge in [-0.25, -0.2) is 4.98 Å². The van der Waals surface area contributed by atoms with Gasteiger partial charge in [-0.1, -0.05) is 18.2 Å². The van der Waals surface area contributed by atoms with E-state index in [1.54, 1.807) is 7.11 Å². The molecule has 0 unspecified atom stereocenters. The first-order valence-electron chi connectivity index (χ1n) is 10.5. The number of nitrogens with one attached hydrogen (secondary N) is 3. The first kappa shape index (κ1) is 19.6. The molecule has 0 aliphatic carbocycles. The van der Waals surface area contributed by atoms with Gasteiger partial charge in [-0.3, -0.25) is 4.79 Å². The first-order chi connectivity index (χ1) is 15.2. The van der Waals surface area contributed by atoms with Crippen molar-refractivity contribution in [1.82, 2.24) is 15.0 Å². The van der Waals surface area contributed by atoms with Gasteiger partial charge in [0.15, 0.2) is 0 Å². The molecule has 160 valence electrons. The van der Waals surface area contributed by atoms with Crippen LogP contribution in [0.3, 0.4) is 0 Å². The molecule has 1 aliphatic heterocycles. The maximum atomic E-state index is 12.8. The van der Waals surface area contributed by atoms with Gasteiger partial charge in [-0.15, -0.1) is 0 Å². The van der Waals surface area contributed by atoms with Crippen molar-refractivity contribution < 1.29 is 9.47 Å². The lowest BCUT2D eigenvalue weighted by molar-refractivity contribution is 0.123. The molecule has 1 fully saturated rings. The quantitative estimate of drug-likeness (QED) is 0.416. The van der Waals surface area contributed by atoms with E-state index in [0.29, 0.717) is 37.8 Å². The van der Waals surface area contributed by atoms with Gasteiger partial charge in [0, 0.05) is 32.3 Å². The Labute approximate surface area is 179 Å². The predicted octanol–water partition coefficient (Wildman–Crippen LogP) is 2.97. The second kappa shape index (κ2) is 8.41. The van der Waals surface area contributed by atoms with Gasteiger partial charge in [0.1, 0.15) is 11.3 Å². The van der Waals surface area contributed by atoms with Crippen LogP contribution in [-0.4, -0.2) is 61.5 Å². The van der Waals surface area contributed by atoms with Gasteiger partial charge < -0.3 is 29.7 Å². The molecule has 1 saturated heterocycles. The normalized spacial score (nSPS) is 14.4. The van der Waals surface area contributed by atoms with Crippen molar-refractivity contribution in [3.05, 3.63) is 52.8 Å². The Balaban J connectivity index is 1.62. The molecule has 2 aromatic carbocycles. The smallest absolute Gasteiger partial charge is 0.259 e. The van der Waals surface area contributed by atoms with E-state index in [2.05, 4.69) is 26.3 Å². The Bertz CT molecular complexity index is 1270. The maximum Gasteiger partial charge on any atom is 0.259 e. The van der Waals surface area contributed by atoms with Crippen molar-refractivity contribution in [1.29, 1.82) is 0 Å². The molecule has 3 heterocycles. The summed E-state index contributed by atoms with van der Waals surface area (Å²) >= 11 is 0. The minimum Gasteiger partial charge on any atom is -0.383 e. The van der Waals surface area contributed by atoms with Gasteiger partial charge in [-0.05, 0) is 29.7 Å². The van der Waals surface area contributed by atoms with E-state index < -0.39 is 0 Å². The molecule has 8 nitrogen and oxygen atoms in total. The molecule has 3 N–H and O–H groups in total. The average molecular weight is 419 g/mol. The fourth-order valence-electron chi connectivity index (χ4n) is 4.04. The molecule has 0 spiro atoms. The zero-order valence-corrected chi connectivity index (χ0v) is 17.4. The van der Waals surface area contributed by atoms with Crippen LogP contribution in [0.25, 0.3) is 33.3 Å². The lowest BCUT2D eigenvalue weighted by Gasteiger charge is -2.30. The number of nitrogens with zero attached hydrogens (tertiary/aromatic N) is 2. The number of fused-ring (bicyclic) bond motifs is 2. The van der Waals surface area contributed by atoms with Crippen LogP contribution in [0, 0.1) is 0 Å². The topological polar surface area (TPSA) is 95.3 Å². The van der Waals surface area contributed by atoms with E-state index in [9.17, 15) is 4.79 Å². The monoisotopic (exact) mass is 419 g/mol. The first-order valence-corrected chi connectivity index (χ1v) is 10.5. The lowest BCUT2D eigenvalue weighted by Crippen LogP contribution is -2.36. The van der Waals surface area contributed by atoms with E-state index in [1.807, 2.05) is 36.4 Å². The number of anilines is 2. The third kappa shape index (κ3) is 3.75. The number of pyridine rings is 1. The number of para-hydroxylation sites is 1. The summed E-state index contributed by atoms with van der Waals surface area (Å²) in [5.41, 5.74) is 4.87. The van der Waals surface area contributed by atoms with Crippen molar-refractivity contribution in [2.24, 2.45) is 0 Å². The minimum atomic E-state index is -0.167. The molecule has 1 aliphatic rings. The van der Waals surface area contributed by atoms with E-state index in [1.165, 1.54) is 0 Å². The Morgan fingerprint density at radius 2 is 1.97 bits per heavy atom. The van der Waals surface area contributed by atoms with E-state index in [0.717, 1.165) is 46.4 Å². The summed E-state index contributed by atoms with van der Waals surface area (Å²) in [5.74, 6) is 0.552. The van der Waals surface area contributed by atoms with Gasteiger partial charge in [0.25, 0.3) is 5.56 Å². The molecule has 2 aromatic heterocycles. The highest BCUT2D eigenvalue weighted by Crippen LogP contribution is 2.34. The minimum absolute atomic E-state index is 0.167. The van der Waals surface area contributed by atoms with Gasteiger partial charge >= 0.3 is 0 Å². The van der Waals surface area contributed by atoms with Crippen molar-refractivity contribution in [3.63, 3.8) is 0 Å². The fraction of sp³-hybridized carbons (Fsp3) is 0.304. The predicted molar refractivity (Wildman–Crippen MR) is 123 cm³/mol. The number of ether oxygens (including phenoxy) is 2. The Kier molecular flexibility index (Phi) is 5.31.